The zero-order valence-corrected chi connectivity index (χ0v) is 10.7. The predicted molar refractivity (Wildman–Crippen MR) is 67.6 cm³/mol. The van der Waals surface area contributed by atoms with Gasteiger partial charge in [-0.2, -0.15) is 0 Å². The molecule has 2 nitrogen and oxygen atoms in total. The molecule has 1 saturated heterocycles. The molecule has 1 atom stereocenters. The lowest BCUT2D eigenvalue weighted by Gasteiger charge is -2.25. The normalized spacial score (nSPS) is 24.6. The fourth-order valence-electron chi connectivity index (χ4n) is 2.78. The molecule has 2 aliphatic rings. The first-order valence-electron chi connectivity index (χ1n) is 7.21. The first-order chi connectivity index (χ1) is 7.90. The molecule has 0 radical (unpaired) electrons. The summed E-state index contributed by atoms with van der Waals surface area (Å²) in [7, 11) is 0. The number of hydrogen-bond donors (Lipinski definition) is 1. The van der Waals surface area contributed by atoms with E-state index in [4.69, 9.17) is 4.74 Å². The molecule has 1 heterocycles. The summed E-state index contributed by atoms with van der Waals surface area (Å²) < 4.78 is 5.42. The van der Waals surface area contributed by atoms with Crippen molar-refractivity contribution in [2.45, 2.75) is 57.9 Å². The summed E-state index contributed by atoms with van der Waals surface area (Å²) in [6, 6.07) is 0.822. The van der Waals surface area contributed by atoms with Gasteiger partial charge in [-0.3, -0.25) is 0 Å². The van der Waals surface area contributed by atoms with Crippen LogP contribution in [0.3, 0.4) is 0 Å². The van der Waals surface area contributed by atoms with Gasteiger partial charge in [0.05, 0.1) is 0 Å². The molecule has 2 rings (SSSR count). The molecule has 16 heavy (non-hydrogen) atoms. The fraction of sp³-hybridized carbons (Fsp3) is 1.00. The Morgan fingerprint density at radius 3 is 2.56 bits per heavy atom. The smallest absolute Gasteiger partial charge is 0.0468 e. The SMILES string of the molecule is CCCNC(CCC1CCOCC1)C1CC1. The maximum Gasteiger partial charge on any atom is 0.0468 e. The maximum absolute atomic E-state index is 5.42. The Morgan fingerprint density at radius 1 is 1.19 bits per heavy atom. The standard InChI is InChI=1S/C14H27NO/c1-2-9-15-14(13-4-5-13)6-3-12-7-10-16-11-8-12/h12-15H,2-11H2,1H3. The molecule has 0 aromatic rings. The van der Waals surface area contributed by atoms with Gasteiger partial charge in [0.1, 0.15) is 0 Å². The summed E-state index contributed by atoms with van der Waals surface area (Å²) in [5.74, 6) is 1.95. The van der Waals surface area contributed by atoms with Crippen LogP contribution < -0.4 is 5.32 Å². The van der Waals surface area contributed by atoms with Gasteiger partial charge in [-0.15, -0.1) is 0 Å². The van der Waals surface area contributed by atoms with Crippen LogP contribution in [-0.4, -0.2) is 25.8 Å². The predicted octanol–water partition coefficient (Wildman–Crippen LogP) is 2.97. The number of nitrogens with one attached hydrogen (secondary N) is 1. The van der Waals surface area contributed by atoms with Gasteiger partial charge in [0.2, 0.25) is 0 Å². The van der Waals surface area contributed by atoms with Crippen molar-refractivity contribution >= 4 is 0 Å². The highest BCUT2D eigenvalue weighted by molar-refractivity contribution is 4.86. The molecule has 1 aliphatic heterocycles. The van der Waals surface area contributed by atoms with E-state index in [1.807, 2.05) is 0 Å². The minimum atomic E-state index is 0.822. The second-order valence-corrected chi connectivity index (χ2v) is 5.53. The number of rotatable bonds is 7. The molecule has 1 N–H and O–H groups in total. The van der Waals surface area contributed by atoms with Crippen molar-refractivity contribution in [3.63, 3.8) is 0 Å². The first kappa shape index (κ1) is 12.4. The maximum atomic E-state index is 5.42. The lowest BCUT2D eigenvalue weighted by molar-refractivity contribution is 0.0621. The quantitative estimate of drug-likeness (QED) is 0.719. The average Bonchev–Trinajstić information content (AvgIpc) is 3.15. The van der Waals surface area contributed by atoms with E-state index in [0.717, 1.165) is 31.1 Å². The van der Waals surface area contributed by atoms with E-state index >= 15 is 0 Å². The van der Waals surface area contributed by atoms with Crippen LogP contribution in [0.4, 0.5) is 0 Å². The Kier molecular flexibility index (Phi) is 5.11. The summed E-state index contributed by atoms with van der Waals surface area (Å²) in [6.45, 7) is 5.46. The average molecular weight is 225 g/mol. The molecular weight excluding hydrogens is 198 g/mol. The Morgan fingerprint density at radius 2 is 1.94 bits per heavy atom. The Balaban J connectivity index is 1.64. The van der Waals surface area contributed by atoms with Crippen LogP contribution in [0.2, 0.25) is 0 Å². The van der Waals surface area contributed by atoms with Gasteiger partial charge in [0.15, 0.2) is 0 Å². The van der Waals surface area contributed by atoms with Crippen LogP contribution in [-0.2, 0) is 4.74 Å². The van der Waals surface area contributed by atoms with E-state index in [2.05, 4.69) is 12.2 Å². The fourth-order valence-corrected chi connectivity index (χ4v) is 2.78. The topological polar surface area (TPSA) is 21.3 Å². The Hall–Kier alpha value is -0.0800. The van der Waals surface area contributed by atoms with Gasteiger partial charge in [-0.25, -0.2) is 0 Å². The van der Waals surface area contributed by atoms with E-state index < -0.39 is 0 Å². The van der Waals surface area contributed by atoms with E-state index in [0.29, 0.717) is 0 Å². The van der Waals surface area contributed by atoms with Crippen molar-refractivity contribution < 1.29 is 4.74 Å². The summed E-state index contributed by atoms with van der Waals surface area (Å²) in [6.07, 6.45) is 9.61. The molecule has 0 spiro atoms. The largest absolute Gasteiger partial charge is 0.381 e. The minimum Gasteiger partial charge on any atom is -0.381 e. The highest BCUT2D eigenvalue weighted by atomic mass is 16.5. The molecule has 0 bridgehead atoms. The molecule has 1 unspecified atom stereocenters. The van der Waals surface area contributed by atoms with E-state index in [1.54, 1.807) is 0 Å². The molecular formula is C14H27NO. The number of hydrogen-bond acceptors (Lipinski definition) is 2. The van der Waals surface area contributed by atoms with E-state index in [1.165, 1.54) is 51.5 Å². The Bertz CT molecular complexity index is 185. The zero-order chi connectivity index (χ0) is 11.2. The molecule has 0 aromatic carbocycles. The lowest BCUT2D eigenvalue weighted by atomic mass is 9.92. The van der Waals surface area contributed by atoms with E-state index in [-0.39, 0.29) is 0 Å². The lowest BCUT2D eigenvalue weighted by Crippen LogP contribution is -2.32. The minimum absolute atomic E-state index is 0.822. The molecule has 0 amide bonds. The second kappa shape index (κ2) is 6.61. The molecule has 0 aromatic heterocycles. The van der Waals surface area contributed by atoms with Crippen LogP contribution in [0.25, 0.3) is 0 Å². The van der Waals surface area contributed by atoms with Gasteiger partial charge < -0.3 is 10.1 Å². The van der Waals surface area contributed by atoms with Gasteiger partial charge >= 0.3 is 0 Å². The third-order valence-corrected chi connectivity index (χ3v) is 4.07. The zero-order valence-electron chi connectivity index (χ0n) is 10.7. The van der Waals surface area contributed by atoms with Crippen LogP contribution in [0.5, 0.6) is 0 Å². The van der Waals surface area contributed by atoms with Crippen molar-refractivity contribution in [1.82, 2.24) is 5.32 Å². The van der Waals surface area contributed by atoms with Gasteiger partial charge in [-0.1, -0.05) is 6.92 Å². The Labute approximate surface area is 100 Å². The molecule has 94 valence electrons. The monoisotopic (exact) mass is 225 g/mol. The van der Waals surface area contributed by atoms with Crippen molar-refractivity contribution in [3.8, 4) is 0 Å². The summed E-state index contributed by atoms with van der Waals surface area (Å²) in [4.78, 5) is 0. The van der Waals surface area contributed by atoms with Crippen molar-refractivity contribution in [2.24, 2.45) is 11.8 Å². The highest BCUT2D eigenvalue weighted by Crippen LogP contribution is 2.35. The van der Waals surface area contributed by atoms with Crippen LogP contribution in [0, 0.1) is 11.8 Å². The summed E-state index contributed by atoms with van der Waals surface area (Å²) in [5.41, 5.74) is 0. The van der Waals surface area contributed by atoms with Crippen molar-refractivity contribution in [1.29, 1.82) is 0 Å². The molecule has 1 aliphatic carbocycles. The summed E-state index contributed by atoms with van der Waals surface area (Å²) >= 11 is 0. The van der Waals surface area contributed by atoms with Crippen LogP contribution in [0.1, 0.15) is 51.9 Å². The van der Waals surface area contributed by atoms with Gasteiger partial charge in [-0.05, 0) is 63.3 Å². The van der Waals surface area contributed by atoms with Crippen LogP contribution in [0.15, 0.2) is 0 Å². The van der Waals surface area contributed by atoms with Gasteiger partial charge in [0.25, 0.3) is 0 Å². The third-order valence-electron chi connectivity index (χ3n) is 4.07. The first-order valence-corrected chi connectivity index (χ1v) is 7.21. The molecule has 2 heteroatoms. The van der Waals surface area contributed by atoms with Crippen molar-refractivity contribution in [2.75, 3.05) is 19.8 Å². The second-order valence-electron chi connectivity index (χ2n) is 5.53. The van der Waals surface area contributed by atoms with E-state index in [9.17, 15) is 0 Å². The summed E-state index contributed by atoms with van der Waals surface area (Å²) in [5, 5.41) is 3.74. The molecule has 2 fully saturated rings. The molecule has 1 saturated carbocycles. The van der Waals surface area contributed by atoms with Crippen LogP contribution >= 0.6 is 0 Å². The van der Waals surface area contributed by atoms with Gasteiger partial charge in [0, 0.05) is 19.3 Å². The third kappa shape index (κ3) is 4.06. The highest BCUT2D eigenvalue weighted by Gasteiger charge is 2.30. The number of ether oxygens (including phenoxy) is 1. The van der Waals surface area contributed by atoms with Crippen molar-refractivity contribution in [3.05, 3.63) is 0 Å².